The lowest BCUT2D eigenvalue weighted by atomic mass is 10.0. The van der Waals surface area contributed by atoms with E-state index in [2.05, 4.69) is 42.7 Å². The fourth-order valence-corrected chi connectivity index (χ4v) is 1.74. The molecule has 0 aliphatic carbocycles. The molecule has 0 fully saturated rings. The van der Waals surface area contributed by atoms with Crippen molar-refractivity contribution in [3.05, 3.63) is 34.9 Å². The number of benzene rings is 1. The highest BCUT2D eigenvalue weighted by Crippen LogP contribution is 2.10. The number of aryl methyl sites for hydroxylation is 2. The molecule has 0 saturated carbocycles. The molecule has 1 aromatic rings. The summed E-state index contributed by atoms with van der Waals surface area (Å²) in [7, 11) is 0. The average Bonchev–Trinajstić information content (AvgIpc) is 2.29. The van der Waals surface area contributed by atoms with E-state index in [0.29, 0.717) is 6.54 Å². The van der Waals surface area contributed by atoms with Crippen LogP contribution in [0.3, 0.4) is 0 Å². The first-order valence-corrected chi connectivity index (χ1v) is 6.21. The second-order valence-corrected chi connectivity index (χ2v) is 4.36. The van der Waals surface area contributed by atoms with Crippen LogP contribution >= 0.6 is 0 Å². The molecule has 2 amide bonds. The van der Waals surface area contributed by atoms with E-state index in [1.165, 1.54) is 16.7 Å². The van der Waals surface area contributed by atoms with Crippen molar-refractivity contribution < 1.29 is 4.79 Å². The molecule has 2 N–H and O–H groups in total. The molecule has 0 aromatic heterocycles. The zero-order valence-electron chi connectivity index (χ0n) is 11.0. The van der Waals surface area contributed by atoms with Crippen molar-refractivity contribution in [1.82, 2.24) is 10.6 Å². The van der Waals surface area contributed by atoms with E-state index in [-0.39, 0.29) is 6.03 Å². The maximum atomic E-state index is 11.3. The Labute approximate surface area is 104 Å². The van der Waals surface area contributed by atoms with Crippen molar-refractivity contribution in [2.24, 2.45) is 0 Å². The Balaban J connectivity index is 2.33. The minimum atomic E-state index is -0.0726. The van der Waals surface area contributed by atoms with Gasteiger partial charge >= 0.3 is 6.03 Å². The molecule has 0 aliphatic heterocycles. The Morgan fingerprint density at radius 3 is 2.53 bits per heavy atom. The molecule has 0 aliphatic rings. The summed E-state index contributed by atoms with van der Waals surface area (Å²) in [5, 5.41) is 5.65. The fraction of sp³-hybridized carbons (Fsp3) is 0.500. The predicted octanol–water partition coefficient (Wildman–Crippen LogP) is 2.56. The van der Waals surface area contributed by atoms with Crippen LogP contribution in [0.15, 0.2) is 18.2 Å². The maximum absolute atomic E-state index is 11.3. The topological polar surface area (TPSA) is 41.1 Å². The summed E-state index contributed by atoms with van der Waals surface area (Å²) in [6.45, 7) is 7.65. The van der Waals surface area contributed by atoms with Gasteiger partial charge in [-0.05, 0) is 37.8 Å². The van der Waals surface area contributed by atoms with E-state index >= 15 is 0 Å². The van der Waals surface area contributed by atoms with Crippen molar-refractivity contribution >= 4 is 6.03 Å². The Morgan fingerprint density at radius 1 is 1.18 bits per heavy atom. The van der Waals surface area contributed by atoms with Crippen LogP contribution in [0.25, 0.3) is 0 Å². The number of rotatable bonds is 5. The lowest BCUT2D eigenvalue weighted by Crippen LogP contribution is -2.36. The quantitative estimate of drug-likeness (QED) is 0.807. The van der Waals surface area contributed by atoms with Gasteiger partial charge in [-0.3, -0.25) is 0 Å². The van der Waals surface area contributed by atoms with Gasteiger partial charge in [-0.25, -0.2) is 4.79 Å². The Kier molecular flexibility index (Phi) is 5.53. The minimum Gasteiger partial charge on any atom is -0.338 e. The van der Waals surface area contributed by atoms with E-state index in [1.807, 2.05) is 6.92 Å². The molecule has 0 radical (unpaired) electrons. The Hall–Kier alpha value is -1.51. The standard InChI is InChI=1S/C14H22N2O/c1-4-8-15-14(17)16-9-7-13-6-5-11(2)10-12(13)3/h5-6,10H,4,7-9H2,1-3H3,(H2,15,16,17). The molecule has 0 saturated heterocycles. The molecular formula is C14H22N2O. The number of nitrogens with one attached hydrogen (secondary N) is 2. The van der Waals surface area contributed by atoms with Crippen molar-refractivity contribution in [3.8, 4) is 0 Å². The molecule has 0 bridgehead atoms. The third-order valence-corrected chi connectivity index (χ3v) is 2.71. The molecule has 0 atom stereocenters. The Morgan fingerprint density at radius 2 is 1.88 bits per heavy atom. The van der Waals surface area contributed by atoms with Crippen molar-refractivity contribution in [3.63, 3.8) is 0 Å². The van der Waals surface area contributed by atoms with Crippen LogP contribution in [0.5, 0.6) is 0 Å². The third-order valence-electron chi connectivity index (χ3n) is 2.71. The average molecular weight is 234 g/mol. The minimum absolute atomic E-state index is 0.0726. The third kappa shape index (κ3) is 4.89. The molecule has 3 nitrogen and oxygen atoms in total. The lowest BCUT2D eigenvalue weighted by Gasteiger charge is -2.09. The maximum Gasteiger partial charge on any atom is 0.314 e. The largest absolute Gasteiger partial charge is 0.338 e. The smallest absolute Gasteiger partial charge is 0.314 e. The fourth-order valence-electron chi connectivity index (χ4n) is 1.74. The second-order valence-electron chi connectivity index (χ2n) is 4.36. The monoisotopic (exact) mass is 234 g/mol. The van der Waals surface area contributed by atoms with Crippen LogP contribution < -0.4 is 10.6 Å². The van der Waals surface area contributed by atoms with Gasteiger partial charge in [0.15, 0.2) is 0 Å². The van der Waals surface area contributed by atoms with Gasteiger partial charge in [0.1, 0.15) is 0 Å². The highest BCUT2D eigenvalue weighted by Gasteiger charge is 2.01. The van der Waals surface area contributed by atoms with E-state index in [1.54, 1.807) is 0 Å². The first kappa shape index (κ1) is 13.6. The van der Waals surface area contributed by atoms with E-state index in [9.17, 15) is 4.79 Å². The van der Waals surface area contributed by atoms with Crippen molar-refractivity contribution in [2.45, 2.75) is 33.6 Å². The summed E-state index contributed by atoms with van der Waals surface area (Å²) in [5.41, 5.74) is 3.87. The highest BCUT2D eigenvalue weighted by atomic mass is 16.2. The first-order chi connectivity index (χ1) is 8.13. The molecule has 0 heterocycles. The molecule has 3 heteroatoms. The van der Waals surface area contributed by atoms with Crippen LogP contribution in [0, 0.1) is 13.8 Å². The van der Waals surface area contributed by atoms with E-state index in [0.717, 1.165) is 19.4 Å². The van der Waals surface area contributed by atoms with Crippen molar-refractivity contribution in [2.75, 3.05) is 13.1 Å². The summed E-state index contributed by atoms with van der Waals surface area (Å²) >= 11 is 0. The summed E-state index contributed by atoms with van der Waals surface area (Å²) < 4.78 is 0. The number of urea groups is 1. The molecule has 1 aromatic carbocycles. The summed E-state index contributed by atoms with van der Waals surface area (Å²) in [6.07, 6.45) is 1.84. The van der Waals surface area contributed by atoms with Crippen LogP contribution in [0.1, 0.15) is 30.0 Å². The van der Waals surface area contributed by atoms with Gasteiger partial charge < -0.3 is 10.6 Å². The highest BCUT2D eigenvalue weighted by molar-refractivity contribution is 5.73. The number of hydrogen-bond donors (Lipinski definition) is 2. The molecule has 0 unspecified atom stereocenters. The first-order valence-electron chi connectivity index (χ1n) is 6.21. The molecule has 94 valence electrons. The predicted molar refractivity (Wildman–Crippen MR) is 71.3 cm³/mol. The second kappa shape index (κ2) is 6.94. The van der Waals surface area contributed by atoms with Crippen molar-refractivity contribution in [1.29, 1.82) is 0 Å². The summed E-state index contributed by atoms with van der Waals surface area (Å²) in [6, 6.07) is 6.35. The zero-order chi connectivity index (χ0) is 12.7. The summed E-state index contributed by atoms with van der Waals surface area (Å²) in [4.78, 5) is 11.3. The van der Waals surface area contributed by atoms with Gasteiger partial charge in [-0.2, -0.15) is 0 Å². The van der Waals surface area contributed by atoms with Gasteiger partial charge in [0.2, 0.25) is 0 Å². The molecular weight excluding hydrogens is 212 g/mol. The van der Waals surface area contributed by atoms with Crippen LogP contribution in [0.4, 0.5) is 4.79 Å². The summed E-state index contributed by atoms with van der Waals surface area (Å²) in [5.74, 6) is 0. The number of carbonyl (C=O) groups is 1. The Bertz CT molecular complexity index is 374. The van der Waals surface area contributed by atoms with Crippen LogP contribution in [-0.2, 0) is 6.42 Å². The van der Waals surface area contributed by atoms with E-state index < -0.39 is 0 Å². The van der Waals surface area contributed by atoms with Gasteiger partial charge in [-0.1, -0.05) is 30.7 Å². The zero-order valence-corrected chi connectivity index (χ0v) is 11.0. The number of hydrogen-bond acceptors (Lipinski definition) is 1. The molecule has 17 heavy (non-hydrogen) atoms. The van der Waals surface area contributed by atoms with Gasteiger partial charge in [0, 0.05) is 13.1 Å². The SMILES string of the molecule is CCCNC(=O)NCCc1ccc(C)cc1C. The van der Waals surface area contributed by atoms with Gasteiger partial charge in [0.05, 0.1) is 0 Å². The van der Waals surface area contributed by atoms with Crippen LogP contribution in [-0.4, -0.2) is 19.1 Å². The molecule has 1 rings (SSSR count). The van der Waals surface area contributed by atoms with E-state index in [4.69, 9.17) is 0 Å². The normalized spacial score (nSPS) is 10.1. The van der Waals surface area contributed by atoms with Gasteiger partial charge in [-0.15, -0.1) is 0 Å². The number of carbonyl (C=O) groups excluding carboxylic acids is 1. The number of amides is 2. The van der Waals surface area contributed by atoms with Crippen LogP contribution in [0.2, 0.25) is 0 Å². The van der Waals surface area contributed by atoms with Gasteiger partial charge in [0.25, 0.3) is 0 Å². The lowest BCUT2D eigenvalue weighted by molar-refractivity contribution is 0.241. The molecule has 0 spiro atoms.